The monoisotopic (exact) mass is 226 g/mol. The Hall–Kier alpha value is -1.10. The van der Waals surface area contributed by atoms with Crippen molar-refractivity contribution >= 4 is 0 Å². The molecule has 1 aromatic rings. The van der Waals surface area contributed by atoms with Crippen LogP contribution in [0.1, 0.15) is 16.7 Å². The Morgan fingerprint density at radius 3 is 2.25 bits per heavy atom. The molecule has 4 nitrogen and oxygen atoms in total. The number of phenolic OH excluding ortho intramolecular Hbond substituents is 1. The Bertz CT molecular complexity index is 309. The molecular weight excluding hydrogens is 208 g/mol. The molecule has 90 valence electrons. The Labute approximate surface area is 95.4 Å². The van der Waals surface area contributed by atoms with Crippen LogP contribution in [0.2, 0.25) is 0 Å². The van der Waals surface area contributed by atoms with Gasteiger partial charge in [-0.15, -0.1) is 0 Å². The van der Waals surface area contributed by atoms with Gasteiger partial charge in [0.25, 0.3) is 0 Å². The third kappa shape index (κ3) is 3.20. The van der Waals surface area contributed by atoms with E-state index in [0.717, 1.165) is 16.7 Å². The Morgan fingerprint density at radius 1 is 1.06 bits per heavy atom. The first-order chi connectivity index (χ1) is 7.72. The van der Waals surface area contributed by atoms with Crippen LogP contribution in [0.3, 0.4) is 0 Å². The fourth-order valence-corrected chi connectivity index (χ4v) is 1.66. The maximum atomic E-state index is 9.91. The molecule has 0 radical (unpaired) electrons. The summed E-state index contributed by atoms with van der Waals surface area (Å²) in [7, 11) is 3.20. The first kappa shape index (κ1) is 13.0. The first-order valence-electron chi connectivity index (χ1n) is 5.15. The quantitative estimate of drug-likeness (QED) is 0.765. The van der Waals surface area contributed by atoms with Crippen LogP contribution in [0.4, 0.5) is 0 Å². The molecule has 0 unspecified atom stereocenters. The first-order valence-corrected chi connectivity index (χ1v) is 5.15. The molecule has 0 fully saturated rings. The van der Waals surface area contributed by atoms with Crippen molar-refractivity contribution in [2.45, 2.75) is 19.6 Å². The standard InChI is InChI=1S/C12H18O4/c1-15-7-9-5-10(3-4-13)12(14)11(6-9)8-16-2/h5-6,13-14H,3-4,7-8H2,1-2H3. The SMILES string of the molecule is COCc1cc(CCO)c(O)c(COC)c1. The molecule has 0 saturated carbocycles. The van der Waals surface area contributed by atoms with Gasteiger partial charge in [-0.3, -0.25) is 0 Å². The van der Waals surface area contributed by atoms with Gasteiger partial charge in [0.15, 0.2) is 0 Å². The Balaban J connectivity index is 3.05. The average Bonchev–Trinajstić information content (AvgIpc) is 2.26. The van der Waals surface area contributed by atoms with Crippen molar-refractivity contribution in [3.8, 4) is 5.75 Å². The van der Waals surface area contributed by atoms with Crippen molar-refractivity contribution in [3.63, 3.8) is 0 Å². The van der Waals surface area contributed by atoms with E-state index in [-0.39, 0.29) is 12.4 Å². The van der Waals surface area contributed by atoms with Crippen molar-refractivity contribution < 1.29 is 19.7 Å². The lowest BCUT2D eigenvalue weighted by molar-refractivity contribution is 0.177. The normalized spacial score (nSPS) is 10.7. The fourth-order valence-electron chi connectivity index (χ4n) is 1.66. The number of methoxy groups -OCH3 is 2. The summed E-state index contributed by atoms with van der Waals surface area (Å²) in [4.78, 5) is 0. The van der Waals surface area contributed by atoms with E-state index in [1.807, 2.05) is 12.1 Å². The number of aliphatic hydroxyl groups excluding tert-OH is 1. The number of phenols is 1. The van der Waals surface area contributed by atoms with E-state index in [1.54, 1.807) is 14.2 Å². The largest absolute Gasteiger partial charge is 0.507 e. The van der Waals surface area contributed by atoms with Gasteiger partial charge in [0, 0.05) is 26.4 Å². The van der Waals surface area contributed by atoms with Crippen molar-refractivity contribution in [3.05, 3.63) is 28.8 Å². The summed E-state index contributed by atoms with van der Waals surface area (Å²) in [5.41, 5.74) is 2.42. The van der Waals surface area contributed by atoms with Crippen LogP contribution < -0.4 is 0 Å². The van der Waals surface area contributed by atoms with Gasteiger partial charge in [0.1, 0.15) is 5.75 Å². The number of benzene rings is 1. The molecule has 0 atom stereocenters. The molecule has 1 aromatic carbocycles. The summed E-state index contributed by atoms with van der Waals surface area (Å²) in [5.74, 6) is 0.204. The van der Waals surface area contributed by atoms with E-state index >= 15 is 0 Å². The Morgan fingerprint density at radius 2 is 1.69 bits per heavy atom. The van der Waals surface area contributed by atoms with Crippen molar-refractivity contribution in [2.75, 3.05) is 20.8 Å². The number of ether oxygens (including phenoxy) is 2. The van der Waals surface area contributed by atoms with Crippen LogP contribution in [-0.2, 0) is 29.1 Å². The number of rotatable bonds is 6. The molecule has 0 bridgehead atoms. The third-order valence-electron chi connectivity index (χ3n) is 2.32. The van der Waals surface area contributed by atoms with E-state index in [2.05, 4.69) is 0 Å². The molecular formula is C12H18O4. The van der Waals surface area contributed by atoms with Crippen LogP contribution in [0.5, 0.6) is 5.75 Å². The number of aromatic hydroxyl groups is 1. The van der Waals surface area contributed by atoms with E-state index in [0.29, 0.717) is 19.6 Å². The lowest BCUT2D eigenvalue weighted by Gasteiger charge is -2.11. The van der Waals surface area contributed by atoms with Gasteiger partial charge in [-0.2, -0.15) is 0 Å². The molecule has 1 rings (SSSR count). The predicted molar refractivity (Wildman–Crippen MR) is 60.3 cm³/mol. The highest BCUT2D eigenvalue weighted by molar-refractivity contribution is 5.43. The number of aliphatic hydroxyl groups is 1. The molecule has 16 heavy (non-hydrogen) atoms. The molecule has 0 heterocycles. The zero-order valence-electron chi connectivity index (χ0n) is 9.69. The van der Waals surface area contributed by atoms with Gasteiger partial charge in [-0.25, -0.2) is 0 Å². The fraction of sp³-hybridized carbons (Fsp3) is 0.500. The van der Waals surface area contributed by atoms with E-state index < -0.39 is 0 Å². The minimum atomic E-state index is 0.0103. The second-order valence-electron chi connectivity index (χ2n) is 3.60. The van der Waals surface area contributed by atoms with E-state index in [9.17, 15) is 5.11 Å². The molecule has 0 amide bonds. The van der Waals surface area contributed by atoms with E-state index in [1.165, 1.54) is 0 Å². The molecule has 4 heteroatoms. The van der Waals surface area contributed by atoms with Crippen LogP contribution >= 0.6 is 0 Å². The van der Waals surface area contributed by atoms with Crippen LogP contribution in [0.15, 0.2) is 12.1 Å². The van der Waals surface area contributed by atoms with Gasteiger partial charge >= 0.3 is 0 Å². The van der Waals surface area contributed by atoms with Gasteiger partial charge in [0.2, 0.25) is 0 Å². The summed E-state index contributed by atoms with van der Waals surface area (Å²) in [5, 5.41) is 18.8. The van der Waals surface area contributed by atoms with Crippen molar-refractivity contribution in [1.82, 2.24) is 0 Å². The van der Waals surface area contributed by atoms with Crippen LogP contribution in [-0.4, -0.2) is 31.0 Å². The average molecular weight is 226 g/mol. The number of hydrogen-bond acceptors (Lipinski definition) is 4. The van der Waals surface area contributed by atoms with Crippen molar-refractivity contribution in [2.24, 2.45) is 0 Å². The predicted octanol–water partition coefficient (Wildman–Crippen LogP) is 1.22. The maximum Gasteiger partial charge on any atom is 0.124 e. The minimum absolute atomic E-state index is 0.0103. The number of hydrogen-bond donors (Lipinski definition) is 2. The molecule has 0 aliphatic carbocycles. The third-order valence-corrected chi connectivity index (χ3v) is 2.32. The summed E-state index contributed by atoms with van der Waals surface area (Å²) in [6, 6.07) is 3.69. The summed E-state index contributed by atoms with van der Waals surface area (Å²) >= 11 is 0. The Kier molecular flexibility index (Phi) is 5.25. The van der Waals surface area contributed by atoms with Gasteiger partial charge in [-0.05, 0) is 29.7 Å². The summed E-state index contributed by atoms with van der Waals surface area (Å²) in [6.45, 7) is 0.841. The molecule has 0 aromatic heterocycles. The van der Waals surface area contributed by atoms with Gasteiger partial charge < -0.3 is 19.7 Å². The lowest BCUT2D eigenvalue weighted by atomic mass is 10.0. The van der Waals surface area contributed by atoms with Crippen LogP contribution in [0.25, 0.3) is 0 Å². The zero-order chi connectivity index (χ0) is 12.0. The minimum Gasteiger partial charge on any atom is -0.507 e. The highest BCUT2D eigenvalue weighted by Crippen LogP contribution is 2.26. The maximum absolute atomic E-state index is 9.91. The van der Waals surface area contributed by atoms with Crippen LogP contribution in [0, 0.1) is 0 Å². The summed E-state index contributed by atoms with van der Waals surface area (Å²) < 4.78 is 10.1. The molecule has 0 aliphatic heterocycles. The second-order valence-corrected chi connectivity index (χ2v) is 3.60. The molecule has 0 spiro atoms. The van der Waals surface area contributed by atoms with Gasteiger partial charge in [-0.1, -0.05) is 0 Å². The highest BCUT2D eigenvalue weighted by atomic mass is 16.5. The molecule has 0 aliphatic rings. The summed E-state index contributed by atoms with van der Waals surface area (Å²) in [6.07, 6.45) is 0.431. The topological polar surface area (TPSA) is 58.9 Å². The highest BCUT2D eigenvalue weighted by Gasteiger charge is 2.09. The lowest BCUT2D eigenvalue weighted by Crippen LogP contribution is -1.99. The second kappa shape index (κ2) is 6.48. The smallest absolute Gasteiger partial charge is 0.124 e. The van der Waals surface area contributed by atoms with Gasteiger partial charge in [0.05, 0.1) is 13.2 Å². The van der Waals surface area contributed by atoms with Crippen molar-refractivity contribution in [1.29, 1.82) is 0 Å². The molecule has 0 saturated heterocycles. The van der Waals surface area contributed by atoms with E-state index in [4.69, 9.17) is 14.6 Å². The molecule has 2 N–H and O–H groups in total. The zero-order valence-corrected chi connectivity index (χ0v) is 9.69.